The van der Waals surface area contributed by atoms with Gasteiger partial charge in [0.15, 0.2) is 0 Å². The summed E-state index contributed by atoms with van der Waals surface area (Å²) in [6.45, 7) is 1.98. The Balaban J connectivity index is 2.01. The lowest BCUT2D eigenvalue weighted by Gasteiger charge is -2.05. The van der Waals surface area contributed by atoms with E-state index in [0.717, 1.165) is 15.6 Å². The number of amides is 1. The van der Waals surface area contributed by atoms with E-state index in [1.165, 1.54) is 11.3 Å². The zero-order valence-electron chi connectivity index (χ0n) is 11.1. The van der Waals surface area contributed by atoms with Crippen molar-refractivity contribution in [3.8, 4) is 0 Å². The van der Waals surface area contributed by atoms with Crippen molar-refractivity contribution in [1.82, 2.24) is 0 Å². The number of hydrogen-bond acceptors (Lipinski definition) is 2. The van der Waals surface area contributed by atoms with Gasteiger partial charge in [-0.3, -0.25) is 4.79 Å². The van der Waals surface area contributed by atoms with Crippen LogP contribution in [0.2, 0.25) is 10.0 Å². The maximum absolute atomic E-state index is 12.4. The maximum atomic E-state index is 12.4. The molecular weight excluding hydrogens is 325 g/mol. The van der Waals surface area contributed by atoms with Gasteiger partial charge < -0.3 is 5.32 Å². The molecule has 0 saturated heterocycles. The minimum Gasteiger partial charge on any atom is -0.320 e. The summed E-state index contributed by atoms with van der Waals surface area (Å²) in [4.78, 5) is 12.9. The van der Waals surface area contributed by atoms with Crippen LogP contribution in [-0.4, -0.2) is 5.91 Å². The Bertz CT molecular complexity index is 841. The van der Waals surface area contributed by atoms with Crippen molar-refractivity contribution < 1.29 is 4.79 Å². The predicted molar refractivity (Wildman–Crippen MR) is 91.0 cm³/mol. The largest absolute Gasteiger partial charge is 0.320 e. The number of carbonyl (C=O) groups excluding carboxylic acids is 1. The molecular formula is C16H11Cl2NOS. The standard InChI is InChI=1S/C16H11Cl2NOS/c1-9-5-4-8-12-13(9)14(18)15(21-12)16(20)19-11-7-3-2-6-10(11)17/h2-8H,1H3,(H,19,20). The van der Waals surface area contributed by atoms with Gasteiger partial charge in [-0.2, -0.15) is 0 Å². The minimum absolute atomic E-state index is 0.242. The molecule has 0 saturated carbocycles. The summed E-state index contributed by atoms with van der Waals surface area (Å²) < 4.78 is 1.00. The van der Waals surface area contributed by atoms with Gasteiger partial charge in [-0.15, -0.1) is 11.3 Å². The Morgan fingerprint density at radius 1 is 1.10 bits per heavy atom. The van der Waals surface area contributed by atoms with E-state index < -0.39 is 0 Å². The van der Waals surface area contributed by atoms with Crippen LogP contribution < -0.4 is 5.32 Å². The Kier molecular flexibility index (Phi) is 3.89. The van der Waals surface area contributed by atoms with E-state index in [1.807, 2.05) is 37.3 Å². The summed E-state index contributed by atoms with van der Waals surface area (Å²) in [7, 11) is 0. The number of benzene rings is 2. The number of anilines is 1. The van der Waals surface area contributed by atoms with E-state index in [2.05, 4.69) is 5.32 Å². The van der Waals surface area contributed by atoms with E-state index in [-0.39, 0.29) is 5.91 Å². The Morgan fingerprint density at radius 2 is 1.86 bits per heavy atom. The first-order valence-electron chi connectivity index (χ1n) is 6.31. The number of hydrogen-bond donors (Lipinski definition) is 1. The number of nitrogens with one attached hydrogen (secondary N) is 1. The summed E-state index contributed by atoms with van der Waals surface area (Å²) in [5.41, 5.74) is 1.64. The molecule has 0 fully saturated rings. The van der Waals surface area contributed by atoms with E-state index in [1.54, 1.807) is 12.1 Å². The molecule has 2 nitrogen and oxygen atoms in total. The van der Waals surface area contributed by atoms with Gasteiger partial charge in [0.1, 0.15) is 4.88 Å². The van der Waals surface area contributed by atoms with Gasteiger partial charge in [-0.1, -0.05) is 47.5 Å². The summed E-state index contributed by atoms with van der Waals surface area (Å²) in [6, 6.07) is 13.0. The second kappa shape index (κ2) is 5.68. The van der Waals surface area contributed by atoms with Gasteiger partial charge in [0, 0.05) is 10.1 Å². The molecule has 106 valence electrons. The first-order valence-corrected chi connectivity index (χ1v) is 7.88. The summed E-state index contributed by atoms with van der Waals surface area (Å²) in [5, 5.41) is 4.74. The molecule has 2 aromatic carbocycles. The second-order valence-electron chi connectivity index (χ2n) is 4.63. The zero-order chi connectivity index (χ0) is 15.0. The maximum Gasteiger partial charge on any atom is 0.267 e. The number of aryl methyl sites for hydroxylation is 1. The quantitative estimate of drug-likeness (QED) is 0.632. The molecule has 0 aliphatic heterocycles. The minimum atomic E-state index is -0.242. The van der Waals surface area contributed by atoms with Crippen molar-refractivity contribution in [2.24, 2.45) is 0 Å². The highest BCUT2D eigenvalue weighted by Crippen LogP contribution is 2.37. The van der Waals surface area contributed by atoms with E-state index in [0.29, 0.717) is 20.6 Å². The average Bonchev–Trinajstić information content (AvgIpc) is 2.80. The Morgan fingerprint density at radius 3 is 2.57 bits per heavy atom. The van der Waals surface area contributed by atoms with Gasteiger partial charge in [0.05, 0.1) is 15.7 Å². The van der Waals surface area contributed by atoms with Gasteiger partial charge in [0.25, 0.3) is 5.91 Å². The molecule has 21 heavy (non-hydrogen) atoms. The highest BCUT2D eigenvalue weighted by molar-refractivity contribution is 7.21. The lowest BCUT2D eigenvalue weighted by molar-refractivity contribution is 0.103. The Labute approximate surface area is 136 Å². The fourth-order valence-corrected chi connectivity index (χ4v) is 3.92. The summed E-state index contributed by atoms with van der Waals surface area (Å²) in [5.74, 6) is -0.242. The van der Waals surface area contributed by atoms with Gasteiger partial charge in [0.2, 0.25) is 0 Å². The van der Waals surface area contributed by atoms with Crippen LogP contribution in [-0.2, 0) is 0 Å². The SMILES string of the molecule is Cc1cccc2sc(C(=O)Nc3ccccc3Cl)c(Cl)c12. The van der Waals surface area contributed by atoms with Crippen LogP contribution in [0, 0.1) is 6.92 Å². The van der Waals surface area contributed by atoms with Crippen LogP contribution in [0.4, 0.5) is 5.69 Å². The fourth-order valence-electron chi connectivity index (χ4n) is 2.16. The van der Waals surface area contributed by atoms with Crippen molar-refractivity contribution in [3.05, 3.63) is 63.0 Å². The molecule has 1 aromatic heterocycles. The summed E-state index contributed by atoms with van der Waals surface area (Å²) >= 11 is 13.8. The monoisotopic (exact) mass is 335 g/mol. The molecule has 0 unspecified atom stereocenters. The van der Waals surface area contributed by atoms with Crippen LogP contribution in [0.1, 0.15) is 15.2 Å². The highest BCUT2D eigenvalue weighted by Gasteiger charge is 2.18. The first-order chi connectivity index (χ1) is 10.1. The molecule has 5 heteroatoms. The third kappa shape index (κ3) is 2.64. The van der Waals surface area contributed by atoms with Crippen LogP contribution in [0.3, 0.4) is 0 Å². The topological polar surface area (TPSA) is 29.1 Å². The molecule has 1 amide bonds. The number of thiophene rings is 1. The van der Waals surface area contributed by atoms with E-state index >= 15 is 0 Å². The van der Waals surface area contributed by atoms with Crippen LogP contribution in [0.5, 0.6) is 0 Å². The molecule has 0 aliphatic rings. The number of fused-ring (bicyclic) bond motifs is 1. The molecule has 0 radical (unpaired) electrons. The molecule has 0 bridgehead atoms. The third-order valence-electron chi connectivity index (χ3n) is 3.19. The molecule has 0 aliphatic carbocycles. The van der Waals surface area contributed by atoms with Crippen molar-refractivity contribution in [2.45, 2.75) is 6.92 Å². The molecule has 1 N–H and O–H groups in total. The number of halogens is 2. The second-order valence-corrected chi connectivity index (χ2v) is 6.46. The molecule has 3 aromatic rings. The molecule has 3 rings (SSSR count). The van der Waals surface area contributed by atoms with Crippen molar-refractivity contribution in [3.63, 3.8) is 0 Å². The third-order valence-corrected chi connectivity index (χ3v) is 5.17. The van der Waals surface area contributed by atoms with Crippen LogP contribution >= 0.6 is 34.5 Å². The fraction of sp³-hybridized carbons (Fsp3) is 0.0625. The smallest absolute Gasteiger partial charge is 0.267 e. The lowest BCUT2D eigenvalue weighted by atomic mass is 10.1. The average molecular weight is 336 g/mol. The van der Waals surface area contributed by atoms with Crippen molar-refractivity contribution >= 4 is 56.2 Å². The number of carbonyl (C=O) groups is 1. The lowest BCUT2D eigenvalue weighted by Crippen LogP contribution is -2.10. The summed E-state index contributed by atoms with van der Waals surface area (Å²) in [6.07, 6.45) is 0. The number of para-hydroxylation sites is 1. The molecule has 0 atom stereocenters. The van der Waals surface area contributed by atoms with Crippen LogP contribution in [0.25, 0.3) is 10.1 Å². The molecule has 0 spiro atoms. The van der Waals surface area contributed by atoms with Crippen molar-refractivity contribution in [1.29, 1.82) is 0 Å². The van der Waals surface area contributed by atoms with Crippen molar-refractivity contribution in [2.75, 3.05) is 5.32 Å². The predicted octanol–water partition coefficient (Wildman–Crippen LogP) is 5.77. The van der Waals surface area contributed by atoms with E-state index in [9.17, 15) is 4.79 Å². The first kappa shape index (κ1) is 14.4. The highest BCUT2D eigenvalue weighted by atomic mass is 35.5. The van der Waals surface area contributed by atoms with Gasteiger partial charge in [-0.05, 0) is 30.7 Å². The van der Waals surface area contributed by atoms with Gasteiger partial charge >= 0.3 is 0 Å². The van der Waals surface area contributed by atoms with Crippen LogP contribution in [0.15, 0.2) is 42.5 Å². The van der Waals surface area contributed by atoms with E-state index in [4.69, 9.17) is 23.2 Å². The van der Waals surface area contributed by atoms with Gasteiger partial charge in [-0.25, -0.2) is 0 Å². The normalized spacial score (nSPS) is 10.8. The zero-order valence-corrected chi connectivity index (χ0v) is 13.4. The Hall–Kier alpha value is -1.55. The molecule has 1 heterocycles. The number of rotatable bonds is 2.